The van der Waals surface area contributed by atoms with E-state index in [1.54, 1.807) is 6.92 Å². The third-order valence-electron chi connectivity index (χ3n) is 0.888. The Kier molecular flexibility index (Phi) is 6.43. The first kappa shape index (κ1) is 10.4. The monoisotopic (exact) mass is 272 g/mol. The van der Waals surface area contributed by atoms with Gasteiger partial charge in [-0.3, -0.25) is 4.79 Å². The molecule has 0 aliphatic rings. The minimum absolute atomic E-state index is 0.138. The van der Waals surface area contributed by atoms with Crippen molar-refractivity contribution in [1.82, 2.24) is 0 Å². The summed E-state index contributed by atoms with van der Waals surface area (Å²) in [6, 6.07) is 0. The minimum atomic E-state index is -0.138. The summed E-state index contributed by atoms with van der Waals surface area (Å²) in [5, 5.41) is 0. The van der Waals surface area contributed by atoms with Gasteiger partial charge in [0.2, 0.25) is 0 Å². The highest BCUT2D eigenvalue weighted by Crippen LogP contribution is 2.11. The first-order valence-electron chi connectivity index (χ1n) is 3.10. The topological polar surface area (TPSA) is 26.3 Å². The molecule has 10 heavy (non-hydrogen) atoms. The molecule has 2 nitrogen and oxygen atoms in total. The zero-order valence-corrected chi connectivity index (χ0v) is 8.94. The SMILES string of the molecule is CCC(=O)OCCC(Br)Br. The first-order valence-corrected chi connectivity index (χ1v) is 4.93. The predicted molar refractivity (Wildman–Crippen MR) is 47.5 cm³/mol. The number of carbonyl (C=O) groups excluding carboxylic acids is 1. The van der Waals surface area contributed by atoms with E-state index in [0.717, 1.165) is 6.42 Å². The van der Waals surface area contributed by atoms with Gasteiger partial charge in [-0.2, -0.15) is 0 Å². The van der Waals surface area contributed by atoms with Crippen molar-refractivity contribution in [3.05, 3.63) is 0 Å². The van der Waals surface area contributed by atoms with Crippen LogP contribution in [0.25, 0.3) is 0 Å². The number of hydrogen-bond acceptors (Lipinski definition) is 2. The molecule has 0 aromatic rings. The van der Waals surface area contributed by atoms with Gasteiger partial charge in [0.15, 0.2) is 0 Å². The highest BCUT2D eigenvalue weighted by molar-refractivity contribution is 9.24. The number of halogens is 2. The standard InChI is InChI=1S/C6H10Br2O2/c1-2-6(9)10-4-3-5(7)8/h5H,2-4H2,1H3. The van der Waals surface area contributed by atoms with Gasteiger partial charge in [-0.05, 0) is 0 Å². The van der Waals surface area contributed by atoms with E-state index in [4.69, 9.17) is 4.74 Å². The van der Waals surface area contributed by atoms with Crippen LogP contribution < -0.4 is 0 Å². The third-order valence-corrected chi connectivity index (χ3v) is 1.80. The average Bonchev–Trinajstić information content (AvgIpc) is 1.87. The molecular formula is C6H10Br2O2. The van der Waals surface area contributed by atoms with Crippen molar-refractivity contribution in [2.75, 3.05) is 6.61 Å². The Morgan fingerprint density at radius 1 is 1.60 bits per heavy atom. The van der Waals surface area contributed by atoms with E-state index in [2.05, 4.69) is 31.9 Å². The van der Waals surface area contributed by atoms with Gasteiger partial charge in [0.25, 0.3) is 0 Å². The number of alkyl halides is 2. The highest BCUT2D eigenvalue weighted by atomic mass is 79.9. The maximum absolute atomic E-state index is 10.5. The molecule has 0 aromatic carbocycles. The van der Waals surface area contributed by atoms with Crippen LogP contribution in [-0.2, 0) is 9.53 Å². The normalized spacial score (nSPS) is 10.0. The lowest BCUT2D eigenvalue weighted by atomic mass is 10.5. The van der Waals surface area contributed by atoms with Crippen LogP contribution in [0.4, 0.5) is 0 Å². The Balaban J connectivity index is 3.12. The van der Waals surface area contributed by atoms with Gasteiger partial charge in [0.05, 0.1) is 10.3 Å². The average molecular weight is 274 g/mol. The predicted octanol–water partition coefficient (Wildman–Crippen LogP) is 2.45. The fourth-order valence-electron chi connectivity index (χ4n) is 0.364. The van der Waals surface area contributed by atoms with Gasteiger partial charge in [0, 0.05) is 12.8 Å². The van der Waals surface area contributed by atoms with Crippen LogP contribution in [0.5, 0.6) is 0 Å². The Bertz CT molecular complexity index is 104. The van der Waals surface area contributed by atoms with E-state index < -0.39 is 0 Å². The first-order chi connectivity index (χ1) is 4.66. The molecule has 4 heteroatoms. The number of carbonyl (C=O) groups is 1. The van der Waals surface area contributed by atoms with E-state index >= 15 is 0 Å². The molecule has 0 saturated heterocycles. The maximum atomic E-state index is 10.5. The molecule has 0 N–H and O–H groups in total. The molecule has 0 spiro atoms. The molecule has 0 heterocycles. The van der Waals surface area contributed by atoms with Crippen LogP contribution in [0.15, 0.2) is 0 Å². The van der Waals surface area contributed by atoms with Gasteiger partial charge >= 0.3 is 5.97 Å². The summed E-state index contributed by atoms with van der Waals surface area (Å²) >= 11 is 6.54. The zero-order valence-electron chi connectivity index (χ0n) is 5.77. The Labute approximate surface area is 77.6 Å². The summed E-state index contributed by atoms with van der Waals surface area (Å²) in [7, 11) is 0. The second kappa shape index (κ2) is 6.16. The number of rotatable bonds is 4. The van der Waals surface area contributed by atoms with Crippen LogP contribution in [0.1, 0.15) is 19.8 Å². The Hall–Kier alpha value is 0.430. The van der Waals surface area contributed by atoms with Crippen LogP contribution in [0.3, 0.4) is 0 Å². The number of ether oxygens (including phenoxy) is 1. The molecule has 0 atom stereocenters. The Morgan fingerprint density at radius 3 is 2.60 bits per heavy atom. The van der Waals surface area contributed by atoms with Crippen LogP contribution in [0, 0.1) is 0 Å². The summed E-state index contributed by atoms with van der Waals surface area (Å²) in [4.78, 5) is 10.5. The maximum Gasteiger partial charge on any atom is 0.305 e. The summed E-state index contributed by atoms with van der Waals surface area (Å²) in [5.41, 5.74) is 0. The van der Waals surface area contributed by atoms with E-state index in [1.807, 2.05) is 0 Å². The third kappa shape index (κ3) is 6.55. The van der Waals surface area contributed by atoms with Crippen LogP contribution in [0.2, 0.25) is 0 Å². The van der Waals surface area contributed by atoms with Crippen molar-refractivity contribution in [2.24, 2.45) is 0 Å². The van der Waals surface area contributed by atoms with Crippen molar-refractivity contribution >= 4 is 37.8 Å². The lowest BCUT2D eigenvalue weighted by Gasteiger charge is -2.02. The van der Waals surface area contributed by atoms with Crippen LogP contribution in [-0.4, -0.2) is 16.3 Å². The zero-order chi connectivity index (χ0) is 7.98. The molecular weight excluding hydrogens is 264 g/mol. The highest BCUT2D eigenvalue weighted by Gasteiger charge is 2.00. The molecule has 0 bridgehead atoms. The molecule has 60 valence electrons. The van der Waals surface area contributed by atoms with Crippen LogP contribution >= 0.6 is 31.9 Å². The molecule has 0 saturated carbocycles. The Morgan fingerprint density at radius 2 is 2.20 bits per heavy atom. The van der Waals surface area contributed by atoms with Gasteiger partial charge in [-0.25, -0.2) is 0 Å². The van der Waals surface area contributed by atoms with E-state index in [0.29, 0.717) is 13.0 Å². The molecule has 0 fully saturated rings. The van der Waals surface area contributed by atoms with Crippen molar-refractivity contribution in [2.45, 2.75) is 23.5 Å². The fourth-order valence-corrected chi connectivity index (χ4v) is 0.738. The van der Waals surface area contributed by atoms with Crippen molar-refractivity contribution < 1.29 is 9.53 Å². The van der Waals surface area contributed by atoms with Gasteiger partial charge in [-0.15, -0.1) is 0 Å². The molecule has 0 rings (SSSR count). The van der Waals surface area contributed by atoms with Gasteiger partial charge < -0.3 is 4.74 Å². The number of hydrogen-bond donors (Lipinski definition) is 0. The second-order valence-corrected chi connectivity index (χ2v) is 5.19. The summed E-state index contributed by atoms with van der Waals surface area (Å²) in [6.07, 6.45) is 1.25. The second-order valence-electron chi connectivity index (χ2n) is 1.75. The lowest BCUT2D eigenvalue weighted by molar-refractivity contribution is -0.143. The molecule has 0 unspecified atom stereocenters. The molecule has 0 aliphatic carbocycles. The summed E-state index contributed by atoms with van der Waals surface area (Å²) in [6.45, 7) is 2.26. The van der Waals surface area contributed by atoms with Gasteiger partial charge in [-0.1, -0.05) is 38.8 Å². The van der Waals surface area contributed by atoms with Crippen molar-refractivity contribution in [3.63, 3.8) is 0 Å². The van der Waals surface area contributed by atoms with Gasteiger partial charge in [0.1, 0.15) is 0 Å². The molecule has 0 amide bonds. The van der Waals surface area contributed by atoms with Crippen molar-refractivity contribution in [1.29, 1.82) is 0 Å². The van der Waals surface area contributed by atoms with E-state index in [9.17, 15) is 4.79 Å². The molecule has 0 aromatic heterocycles. The van der Waals surface area contributed by atoms with E-state index in [-0.39, 0.29) is 9.71 Å². The summed E-state index contributed by atoms with van der Waals surface area (Å²) < 4.78 is 5.04. The minimum Gasteiger partial charge on any atom is -0.466 e. The largest absolute Gasteiger partial charge is 0.466 e. The van der Waals surface area contributed by atoms with E-state index in [1.165, 1.54) is 0 Å². The quantitative estimate of drug-likeness (QED) is 0.581. The van der Waals surface area contributed by atoms with Crippen molar-refractivity contribution in [3.8, 4) is 0 Å². The smallest absolute Gasteiger partial charge is 0.305 e. The fraction of sp³-hybridized carbons (Fsp3) is 0.833. The number of esters is 1. The lowest BCUT2D eigenvalue weighted by Crippen LogP contribution is -2.05. The molecule has 0 radical (unpaired) electrons. The molecule has 0 aliphatic heterocycles. The summed E-state index contributed by atoms with van der Waals surface area (Å²) in [5.74, 6) is -0.138.